The van der Waals surface area contributed by atoms with Gasteiger partial charge in [-0.15, -0.1) is 0 Å². The molecule has 3 rings (SSSR count). The molecule has 0 aromatic heterocycles. The number of benzene rings is 2. The van der Waals surface area contributed by atoms with Gasteiger partial charge in [0.15, 0.2) is 0 Å². The maximum absolute atomic E-state index is 12.7. The Labute approximate surface area is 167 Å². The lowest BCUT2D eigenvalue weighted by Gasteiger charge is -2.37. The molecule has 4 nitrogen and oxygen atoms in total. The van der Waals surface area contributed by atoms with E-state index in [9.17, 15) is 4.79 Å². The van der Waals surface area contributed by atoms with Crippen LogP contribution in [0.5, 0.6) is 0 Å². The predicted molar refractivity (Wildman–Crippen MR) is 113 cm³/mol. The topological polar surface area (TPSA) is 35.6 Å². The van der Waals surface area contributed by atoms with E-state index in [1.165, 1.54) is 5.56 Å². The third-order valence-electron chi connectivity index (χ3n) is 5.41. The molecule has 0 saturated carbocycles. The number of amides is 2. The molecule has 0 bridgehead atoms. The average molecular weight is 386 g/mol. The van der Waals surface area contributed by atoms with E-state index >= 15 is 0 Å². The van der Waals surface area contributed by atoms with Crippen molar-refractivity contribution in [2.75, 3.05) is 32.0 Å². The molecule has 0 radical (unpaired) electrons. The average Bonchev–Trinajstić information content (AvgIpc) is 2.70. The van der Waals surface area contributed by atoms with Crippen molar-refractivity contribution in [2.45, 2.75) is 32.2 Å². The minimum absolute atomic E-state index is 0.0403. The van der Waals surface area contributed by atoms with Gasteiger partial charge in [-0.05, 0) is 56.5 Å². The first-order chi connectivity index (χ1) is 13.0. The maximum atomic E-state index is 12.7. The standard InChI is InChI=1S/C22H28ClN3O/c1-17-20(23)11-6-12-21(17)24-22(27)26-14-7-10-19(16-26)25(2)15-13-18-8-4-3-5-9-18/h3-6,8-9,11-12,19H,7,10,13-16H2,1-2H3,(H,24,27)/t19-/m1/s1. The van der Waals surface area contributed by atoms with Crippen molar-refractivity contribution in [3.05, 3.63) is 64.7 Å². The summed E-state index contributed by atoms with van der Waals surface area (Å²) in [5, 5.41) is 3.69. The first-order valence-corrected chi connectivity index (χ1v) is 9.97. The van der Waals surface area contributed by atoms with Gasteiger partial charge in [-0.1, -0.05) is 48.0 Å². The number of hydrogen-bond donors (Lipinski definition) is 1. The molecular weight excluding hydrogens is 358 g/mol. The number of nitrogens with zero attached hydrogens (tertiary/aromatic N) is 2. The van der Waals surface area contributed by atoms with Gasteiger partial charge in [-0.3, -0.25) is 0 Å². The van der Waals surface area contributed by atoms with Crippen molar-refractivity contribution in [1.29, 1.82) is 0 Å². The Kier molecular flexibility index (Phi) is 6.75. The number of urea groups is 1. The van der Waals surface area contributed by atoms with Gasteiger partial charge in [-0.2, -0.15) is 0 Å². The normalized spacial score (nSPS) is 17.2. The Hall–Kier alpha value is -2.04. The van der Waals surface area contributed by atoms with E-state index in [1.807, 2.05) is 36.1 Å². The lowest BCUT2D eigenvalue weighted by atomic mass is 10.0. The van der Waals surface area contributed by atoms with E-state index in [2.05, 4.69) is 41.5 Å². The molecule has 0 spiro atoms. The smallest absolute Gasteiger partial charge is 0.321 e. The fourth-order valence-corrected chi connectivity index (χ4v) is 3.74. The molecule has 1 fully saturated rings. The molecule has 1 aliphatic rings. The number of rotatable bonds is 5. The zero-order chi connectivity index (χ0) is 19.2. The summed E-state index contributed by atoms with van der Waals surface area (Å²) < 4.78 is 0. The SMILES string of the molecule is Cc1c(Cl)cccc1NC(=O)N1CCC[C@@H](N(C)CCc2ccccc2)C1. The van der Waals surface area contributed by atoms with Gasteiger partial charge in [0.2, 0.25) is 0 Å². The first kappa shape index (κ1) is 19.7. The lowest BCUT2D eigenvalue weighted by molar-refractivity contribution is 0.133. The zero-order valence-electron chi connectivity index (χ0n) is 16.1. The number of likely N-dealkylation sites (N-methyl/N-ethyl adjacent to an activating group) is 1. The zero-order valence-corrected chi connectivity index (χ0v) is 16.9. The molecule has 1 heterocycles. The molecule has 2 aromatic rings. The summed E-state index contributed by atoms with van der Waals surface area (Å²) in [5.74, 6) is 0. The van der Waals surface area contributed by atoms with Gasteiger partial charge in [0.1, 0.15) is 0 Å². The van der Waals surface area contributed by atoms with E-state index in [-0.39, 0.29) is 6.03 Å². The molecule has 1 atom stereocenters. The van der Waals surface area contributed by atoms with Crippen LogP contribution < -0.4 is 5.32 Å². The molecule has 27 heavy (non-hydrogen) atoms. The van der Waals surface area contributed by atoms with Crippen LogP contribution in [0.3, 0.4) is 0 Å². The number of anilines is 1. The Morgan fingerprint density at radius 2 is 2.00 bits per heavy atom. The van der Waals surface area contributed by atoms with Gasteiger partial charge in [0, 0.05) is 36.4 Å². The molecule has 2 aromatic carbocycles. The van der Waals surface area contributed by atoms with Crippen LogP contribution in [0.25, 0.3) is 0 Å². The molecule has 2 amide bonds. The Balaban J connectivity index is 1.55. The molecule has 0 unspecified atom stereocenters. The van der Waals surface area contributed by atoms with E-state index in [4.69, 9.17) is 11.6 Å². The van der Waals surface area contributed by atoms with Crippen LogP contribution in [0.15, 0.2) is 48.5 Å². The summed E-state index contributed by atoms with van der Waals surface area (Å²) in [5.41, 5.74) is 3.04. The van der Waals surface area contributed by atoms with Crippen LogP contribution >= 0.6 is 11.6 Å². The highest BCUT2D eigenvalue weighted by atomic mass is 35.5. The summed E-state index contributed by atoms with van der Waals surface area (Å²) in [4.78, 5) is 17.0. The van der Waals surface area contributed by atoms with Crippen LogP contribution in [0.1, 0.15) is 24.0 Å². The Morgan fingerprint density at radius 1 is 1.22 bits per heavy atom. The van der Waals surface area contributed by atoms with E-state index in [1.54, 1.807) is 0 Å². The summed E-state index contributed by atoms with van der Waals surface area (Å²) in [6.45, 7) is 4.48. The molecule has 0 aliphatic carbocycles. The molecule has 1 saturated heterocycles. The lowest BCUT2D eigenvalue weighted by Crippen LogP contribution is -2.50. The summed E-state index contributed by atoms with van der Waals surface area (Å²) in [6, 6.07) is 16.5. The van der Waals surface area contributed by atoms with Crippen LogP contribution in [0.2, 0.25) is 5.02 Å². The monoisotopic (exact) mass is 385 g/mol. The van der Waals surface area contributed by atoms with Gasteiger partial charge in [0.05, 0.1) is 0 Å². The van der Waals surface area contributed by atoms with E-state index < -0.39 is 0 Å². The van der Waals surface area contributed by atoms with Gasteiger partial charge in [0.25, 0.3) is 0 Å². The van der Waals surface area contributed by atoms with Crippen LogP contribution in [-0.4, -0.2) is 48.6 Å². The quantitative estimate of drug-likeness (QED) is 0.800. The second kappa shape index (κ2) is 9.25. The second-order valence-electron chi connectivity index (χ2n) is 7.30. The molecule has 1 N–H and O–H groups in total. The molecular formula is C22H28ClN3O. The predicted octanol–water partition coefficient (Wildman–Crippen LogP) is 4.82. The van der Waals surface area contributed by atoms with E-state index in [0.29, 0.717) is 11.1 Å². The van der Waals surface area contributed by atoms with Crippen LogP contribution in [-0.2, 0) is 6.42 Å². The molecule has 1 aliphatic heterocycles. The van der Waals surface area contributed by atoms with Gasteiger partial charge < -0.3 is 15.1 Å². The third kappa shape index (κ3) is 5.24. The summed E-state index contributed by atoms with van der Waals surface area (Å²) >= 11 is 6.16. The Morgan fingerprint density at radius 3 is 2.78 bits per heavy atom. The van der Waals surface area contributed by atoms with Crippen molar-refractivity contribution in [3.63, 3.8) is 0 Å². The van der Waals surface area contributed by atoms with Crippen LogP contribution in [0.4, 0.5) is 10.5 Å². The van der Waals surface area contributed by atoms with Crippen LogP contribution in [0, 0.1) is 6.92 Å². The van der Waals surface area contributed by atoms with Gasteiger partial charge in [-0.25, -0.2) is 4.79 Å². The fraction of sp³-hybridized carbons (Fsp3) is 0.409. The maximum Gasteiger partial charge on any atom is 0.321 e. The van der Waals surface area contributed by atoms with Gasteiger partial charge >= 0.3 is 6.03 Å². The number of nitrogens with one attached hydrogen (secondary N) is 1. The summed E-state index contributed by atoms with van der Waals surface area (Å²) in [6.07, 6.45) is 3.19. The highest BCUT2D eigenvalue weighted by Crippen LogP contribution is 2.24. The van der Waals surface area contributed by atoms with Crippen molar-refractivity contribution >= 4 is 23.3 Å². The van der Waals surface area contributed by atoms with Crippen molar-refractivity contribution in [3.8, 4) is 0 Å². The first-order valence-electron chi connectivity index (χ1n) is 9.60. The minimum Gasteiger partial charge on any atom is -0.323 e. The fourth-order valence-electron chi connectivity index (χ4n) is 3.57. The molecule has 5 heteroatoms. The largest absolute Gasteiger partial charge is 0.323 e. The number of carbonyl (C=O) groups is 1. The Bertz CT molecular complexity index is 765. The summed E-state index contributed by atoms with van der Waals surface area (Å²) in [7, 11) is 2.16. The third-order valence-corrected chi connectivity index (χ3v) is 5.82. The number of carbonyl (C=O) groups excluding carboxylic acids is 1. The van der Waals surface area contributed by atoms with Crippen molar-refractivity contribution < 1.29 is 4.79 Å². The van der Waals surface area contributed by atoms with Crippen molar-refractivity contribution in [2.24, 2.45) is 0 Å². The molecule has 144 valence electrons. The number of halogens is 1. The minimum atomic E-state index is -0.0403. The van der Waals surface area contributed by atoms with E-state index in [0.717, 1.165) is 50.1 Å². The second-order valence-corrected chi connectivity index (χ2v) is 7.71. The number of piperidine rings is 1. The highest BCUT2D eigenvalue weighted by Gasteiger charge is 2.26. The number of hydrogen-bond acceptors (Lipinski definition) is 2. The highest BCUT2D eigenvalue weighted by molar-refractivity contribution is 6.31. The number of likely N-dealkylation sites (tertiary alicyclic amines) is 1. The van der Waals surface area contributed by atoms with Crippen molar-refractivity contribution in [1.82, 2.24) is 9.80 Å².